The van der Waals surface area contributed by atoms with Crippen molar-refractivity contribution in [3.05, 3.63) is 94.8 Å². The van der Waals surface area contributed by atoms with Crippen LogP contribution in [-0.2, 0) is 17.8 Å². The number of fused-ring (bicyclic) bond motifs is 2. The third-order valence-electron chi connectivity index (χ3n) is 9.33. The first-order valence-corrected chi connectivity index (χ1v) is 16.7. The summed E-state index contributed by atoms with van der Waals surface area (Å²) in [5.74, 6) is 0.599. The molecule has 2 aliphatic rings. The first kappa shape index (κ1) is 31.7. The summed E-state index contributed by atoms with van der Waals surface area (Å²) >= 11 is 6.67. The highest BCUT2D eigenvalue weighted by Gasteiger charge is 2.34. The number of rotatable bonds is 9. The number of carbonyl (C=O) groups excluding carboxylic acids is 1. The van der Waals surface area contributed by atoms with Crippen molar-refractivity contribution < 1.29 is 14.3 Å². The van der Waals surface area contributed by atoms with Gasteiger partial charge in [-0.25, -0.2) is 14.3 Å². The topological polar surface area (TPSA) is 112 Å². The van der Waals surface area contributed by atoms with E-state index >= 15 is 0 Å². The van der Waals surface area contributed by atoms with E-state index in [1.165, 1.54) is 0 Å². The molecule has 3 aromatic carbocycles. The number of imidazole rings is 1. The lowest BCUT2D eigenvalue weighted by molar-refractivity contribution is 0.0768. The number of nitrogens with zero attached hydrogens (tertiary/aromatic N) is 8. The number of hydrogen-bond donors (Lipinski definition) is 0. The Balaban J connectivity index is 1.19. The molecule has 2 aromatic heterocycles. The highest BCUT2D eigenvalue weighted by Crippen LogP contribution is 2.31. The Bertz CT molecular complexity index is 1960. The summed E-state index contributed by atoms with van der Waals surface area (Å²) in [6.45, 7) is 2.90. The number of ether oxygens (including phenoxy) is 2. The average Bonchev–Trinajstić information content (AvgIpc) is 3.71. The summed E-state index contributed by atoms with van der Waals surface area (Å²) < 4.78 is 13.7. The number of nitriles is 1. The fraction of sp³-hybridized carbons (Fsp3) is 0.361. The zero-order chi connectivity index (χ0) is 33.0. The SMILES string of the molecule is CN1CCC[C@H]1COc1nc(N2CCN(C(=O)OCc3ccccc3)[C@@H](CC#N)C2)c2ncc(Cc3cccc4cccc(Cl)c34)n2n1. The second-order valence-corrected chi connectivity index (χ2v) is 12.8. The maximum Gasteiger partial charge on any atom is 0.410 e. The van der Waals surface area contributed by atoms with Gasteiger partial charge in [-0.2, -0.15) is 10.2 Å². The Morgan fingerprint density at radius 3 is 2.67 bits per heavy atom. The number of hydrogen-bond acceptors (Lipinski definition) is 9. The van der Waals surface area contributed by atoms with Crippen LogP contribution in [0.4, 0.5) is 10.6 Å². The largest absolute Gasteiger partial charge is 0.461 e. The highest BCUT2D eigenvalue weighted by atomic mass is 35.5. The molecule has 0 aliphatic carbocycles. The average molecular weight is 665 g/mol. The number of benzene rings is 3. The number of aromatic nitrogens is 4. The molecule has 0 N–H and O–H groups in total. The van der Waals surface area contributed by atoms with Crippen molar-refractivity contribution in [1.29, 1.82) is 5.26 Å². The van der Waals surface area contributed by atoms with Gasteiger partial charge in [-0.3, -0.25) is 0 Å². The number of anilines is 1. The van der Waals surface area contributed by atoms with Crippen LogP contribution < -0.4 is 9.64 Å². The number of likely N-dealkylation sites (tertiary alicyclic amines) is 1. The number of carbonyl (C=O) groups is 1. The van der Waals surface area contributed by atoms with Crippen molar-refractivity contribution >= 4 is 39.9 Å². The molecule has 2 aliphatic heterocycles. The fourth-order valence-corrected chi connectivity index (χ4v) is 7.03. The van der Waals surface area contributed by atoms with Gasteiger partial charge in [-0.1, -0.05) is 72.3 Å². The van der Waals surface area contributed by atoms with Crippen LogP contribution in [0.25, 0.3) is 16.4 Å². The smallest absolute Gasteiger partial charge is 0.410 e. The van der Waals surface area contributed by atoms with Gasteiger partial charge in [-0.15, -0.1) is 5.10 Å². The van der Waals surface area contributed by atoms with Crippen molar-refractivity contribution in [3.8, 4) is 12.1 Å². The standard InChI is InChI=1S/C36H37ClN8O3/c1-42-17-7-13-29(42)24-47-35-40-34(43-18-19-44(28(22-43)15-16-38)36(46)48-23-25-8-3-2-4-9-25)33-39-21-30(45(33)41-35)20-27-12-5-10-26-11-6-14-31(37)32(26)27/h2-6,8-12,14,21,28-29H,7,13,15,17-20,22-24H2,1H3/t28-,29-/m0/s1. The van der Waals surface area contributed by atoms with E-state index < -0.39 is 12.1 Å². The van der Waals surface area contributed by atoms with Crippen LogP contribution in [0.5, 0.6) is 6.01 Å². The maximum atomic E-state index is 13.2. The van der Waals surface area contributed by atoms with E-state index in [2.05, 4.69) is 41.1 Å². The Morgan fingerprint density at radius 1 is 1.04 bits per heavy atom. The van der Waals surface area contributed by atoms with Crippen molar-refractivity contribution in [1.82, 2.24) is 29.4 Å². The van der Waals surface area contributed by atoms with Gasteiger partial charge in [0.2, 0.25) is 0 Å². The van der Waals surface area contributed by atoms with Gasteiger partial charge in [0, 0.05) is 42.5 Å². The maximum absolute atomic E-state index is 13.2. The van der Waals surface area contributed by atoms with Crippen LogP contribution in [0.1, 0.15) is 36.1 Å². The van der Waals surface area contributed by atoms with Crippen LogP contribution in [0.15, 0.2) is 72.9 Å². The molecule has 2 saturated heterocycles. The molecule has 0 saturated carbocycles. The van der Waals surface area contributed by atoms with Crippen LogP contribution in [0, 0.1) is 11.3 Å². The molecule has 0 spiro atoms. The molecule has 48 heavy (non-hydrogen) atoms. The molecule has 0 radical (unpaired) electrons. The predicted octanol–water partition coefficient (Wildman–Crippen LogP) is 5.74. The first-order chi connectivity index (χ1) is 23.5. The molecule has 2 fully saturated rings. The predicted molar refractivity (Wildman–Crippen MR) is 183 cm³/mol. The van der Waals surface area contributed by atoms with Gasteiger partial charge in [-0.05, 0) is 49.0 Å². The second-order valence-electron chi connectivity index (χ2n) is 12.4. The van der Waals surface area contributed by atoms with Gasteiger partial charge < -0.3 is 24.2 Å². The minimum Gasteiger partial charge on any atom is -0.461 e. The molecule has 7 rings (SSSR count). The van der Waals surface area contributed by atoms with E-state index in [9.17, 15) is 10.1 Å². The minimum absolute atomic E-state index is 0.150. The summed E-state index contributed by atoms with van der Waals surface area (Å²) in [6, 6.07) is 24.0. The fourth-order valence-electron chi connectivity index (χ4n) is 6.73. The minimum atomic E-state index is -0.437. The third kappa shape index (κ3) is 6.59. The number of halogens is 1. The van der Waals surface area contributed by atoms with Gasteiger partial charge >= 0.3 is 12.1 Å². The van der Waals surface area contributed by atoms with E-state index in [1.54, 1.807) is 4.90 Å². The van der Waals surface area contributed by atoms with Crippen LogP contribution in [0.3, 0.4) is 0 Å². The molecule has 12 heteroatoms. The third-order valence-corrected chi connectivity index (χ3v) is 9.65. The van der Waals surface area contributed by atoms with Gasteiger partial charge in [0.05, 0.1) is 30.4 Å². The van der Waals surface area contributed by atoms with Crippen LogP contribution >= 0.6 is 11.6 Å². The molecule has 2 atom stereocenters. The number of likely N-dealkylation sites (N-methyl/N-ethyl adjacent to an activating group) is 1. The summed E-state index contributed by atoms with van der Waals surface area (Å²) in [5, 5.41) is 17.3. The molecule has 0 unspecified atom stereocenters. The van der Waals surface area contributed by atoms with Crippen LogP contribution in [-0.4, -0.2) is 87.4 Å². The summed E-state index contributed by atoms with van der Waals surface area (Å²) in [7, 11) is 2.11. The van der Waals surface area contributed by atoms with E-state index in [0.717, 1.165) is 47.0 Å². The lowest BCUT2D eigenvalue weighted by Gasteiger charge is -2.40. The van der Waals surface area contributed by atoms with E-state index in [1.807, 2.05) is 59.2 Å². The Labute approximate surface area is 284 Å². The monoisotopic (exact) mass is 664 g/mol. The Hall–Kier alpha value is -4.92. The lowest BCUT2D eigenvalue weighted by Crippen LogP contribution is -2.55. The van der Waals surface area contributed by atoms with Crippen molar-refractivity contribution in [2.24, 2.45) is 0 Å². The molecular formula is C36H37ClN8O3. The Kier molecular flexibility index (Phi) is 9.27. The second kappa shape index (κ2) is 14.1. The van der Waals surface area contributed by atoms with Crippen molar-refractivity contribution in [2.45, 2.75) is 44.4 Å². The Morgan fingerprint density at radius 2 is 1.88 bits per heavy atom. The summed E-state index contributed by atoms with van der Waals surface area (Å²) in [6.07, 6.45) is 4.27. The van der Waals surface area contributed by atoms with Crippen molar-refractivity contribution in [2.75, 3.05) is 44.7 Å². The first-order valence-electron chi connectivity index (χ1n) is 16.3. The summed E-state index contributed by atoms with van der Waals surface area (Å²) in [5.41, 5.74) is 3.41. The molecule has 5 aromatic rings. The van der Waals surface area contributed by atoms with E-state index in [4.69, 9.17) is 36.1 Å². The van der Waals surface area contributed by atoms with Gasteiger partial charge in [0.15, 0.2) is 11.5 Å². The lowest BCUT2D eigenvalue weighted by atomic mass is 10.0. The highest BCUT2D eigenvalue weighted by molar-refractivity contribution is 6.35. The summed E-state index contributed by atoms with van der Waals surface area (Å²) in [4.78, 5) is 28.9. The molecule has 4 heterocycles. The number of amides is 1. The van der Waals surface area contributed by atoms with Gasteiger partial charge in [0.25, 0.3) is 0 Å². The number of piperazine rings is 1. The quantitative estimate of drug-likeness (QED) is 0.195. The van der Waals surface area contributed by atoms with E-state index in [-0.39, 0.29) is 19.0 Å². The van der Waals surface area contributed by atoms with Gasteiger partial charge in [0.1, 0.15) is 13.2 Å². The molecule has 0 bridgehead atoms. The van der Waals surface area contributed by atoms with Crippen LogP contribution in [0.2, 0.25) is 5.02 Å². The normalized spacial score (nSPS) is 18.4. The zero-order valence-corrected chi connectivity index (χ0v) is 27.6. The molecule has 1 amide bonds. The molecule has 11 nitrogen and oxygen atoms in total. The molecule has 246 valence electrons. The van der Waals surface area contributed by atoms with Crippen molar-refractivity contribution in [3.63, 3.8) is 0 Å². The zero-order valence-electron chi connectivity index (χ0n) is 26.8. The molecular weight excluding hydrogens is 628 g/mol. The van der Waals surface area contributed by atoms with E-state index in [0.29, 0.717) is 55.2 Å².